The Morgan fingerprint density at radius 1 is 1.00 bits per heavy atom. The highest BCUT2D eigenvalue weighted by molar-refractivity contribution is 7.86. The molecule has 1 heterocycles. The fraction of sp³-hybridized carbons (Fsp3) is 0.421. The second-order valence-electron chi connectivity index (χ2n) is 7.67. The molecule has 0 aromatic heterocycles. The van der Waals surface area contributed by atoms with Crippen LogP contribution in [0.3, 0.4) is 0 Å². The van der Waals surface area contributed by atoms with Crippen LogP contribution in [0.1, 0.15) is 39.2 Å². The summed E-state index contributed by atoms with van der Waals surface area (Å²) in [7, 11) is -8.23. The standard InChI is InChI=1S/C19H23NO6S2/c1-13-19(2,3)18-16-8-7-15(28(24,25)26)12-14(16)6-9-17(18)20(13)10-4-5-11-27(21,22)23/h6-9,12H,4-5,10-11H2,1-3H3,(H-,21,22,23,24,25,26)/p+1. The van der Waals surface area contributed by atoms with Gasteiger partial charge in [-0.1, -0.05) is 6.07 Å². The van der Waals surface area contributed by atoms with Crippen molar-refractivity contribution in [2.75, 3.05) is 12.3 Å². The first kappa shape index (κ1) is 20.9. The van der Waals surface area contributed by atoms with E-state index in [4.69, 9.17) is 4.55 Å². The van der Waals surface area contributed by atoms with Gasteiger partial charge in [-0.05, 0) is 49.2 Å². The number of fused-ring (bicyclic) bond motifs is 3. The Balaban J connectivity index is 2.02. The lowest BCUT2D eigenvalue weighted by Gasteiger charge is -2.17. The molecule has 0 fully saturated rings. The highest BCUT2D eigenvalue weighted by atomic mass is 32.2. The molecule has 2 aromatic rings. The quantitative estimate of drug-likeness (QED) is 0.417. The summed E-state index contributed by atoms with van der Waals surface area (Å²) < 4.78 is 65.1. The van der Waals surface area contributed by atoms with Crippen LogP contribution in [-0.4, -0.2) is 48.5 Å². The third-order valence-corrected chi connectivity index (χ3v) is 7.18. The van der Waals surface area contributed by atoms with Gasteiger partial charge in [0.1, 0.15) is 6.54 Å². The van der Waals surface area contributed by atoms with Gasteiger partial charge in [-0.15, -0.1) is 0 Å². The number of unbranched alkanes of at least 4 members (excludes halogenated alkanes) is 1. The van der Waals surface area contributed by atoms with Crippen LogP contribution in [0.2, 0.25) is 0 Å². The van der Waals surface area contributed by atoms with Crippen molar-refractivity contribution < 1.29 is 30.5 Å². The van der Waals surface area contributed by atoms with Crippen molar-refractivity contribution in [3.05, 3.63) is 35.9 Å². The molecule has 7 nitrogen and oxygen atoms in total. The Morgan fingerprint density at radius 3 is 2.29 bits per heavy atom. The molecule has 0 saturated heterocycles. The van der Waals surface area contributed by atoms with Gasteiger partial charge in [-0.25, -0.2) is 0 Å². The second kappa shape index (κ2) is 6.91. The first-order valence-electron chi connectivity index (χ1n) is 8.94. The number of nitrogens with zero attached hydrogens (tertiary/aromatic N) is 1. The molecule has 0 bridgehead atoms. The summed E-state index contributed by atoms with van der Waals surface area (Å²) in [5.41, 5.74) is 2.89. The van der Waals surface area contributed by atoms with Gasteiger partial charge in [0, 0.05) is 25.0 Å². The zero-order valence-corrected chi connectivity index (χ0v) is 17.6. The molecule has 0 radical (unpaired) electrons. The summed E-state index contributed by atoms with van der Waals surface area (Å²) in [5.74, 6) is -0.258. The number of rotatable bonds is 6. The van der Waals surface area contributed by atoms with Crippen LogP contribution >= 0.6 is 0 Å². The van der Waals surface area contributed by atoms with Crippen molar-refractivity contribution >= 4 is 42.4 Å². The van der Waals surface area contributed by atoms with Gasteiger partial charge in [0.25, 0.3) is 20.2 Å². The van der Waals surface area contributed by atoms with E-state index in [0.29, 0.717) is 19.4 Å². The topological polar surface area (TPSA) is 112 Å². The van der Waals surface area contributed by atoms with Gasteiger partial charge in [0.15, 0.2) is 5.71 Å². The smallest absolute Gasteiger partial charge is 0.286 e. The SMILES string of the molecule is CC1=[N+](CCCCS(=O)(=O)O)c2ccc3cc(S(=O)(=O)O)ccc3c2C1(C)C. The molecule has 1 aliphatic heterocycles. The van der Waals surface area contributed by atoms with Crippen LogP contribution in [-0.2, 0) is 25.7 Å². The van der Waals surface area contributed by atoms with Gasteiger partial charge in [0.05, 0.1) is 16.1 Å². The molecule has 28 heavy (non-hydrogen) atoms. The Kier molecular flexibility index (Phi) is 5.16. The van der Waals surface area contributed by atoms with Gasteiger partial charge in [0.2, 0.25) is 5.69 Å². The monoisotopic (exact) mass is 426 g/mol. The minimum absolute atomic E-state index is 0.140. The molecule has 2 aromatic carbocycles. The lowest BCUT2D eigenvalue weighted by atomic mass is 9.80. The van der Waals surface area contributed by atoms with Crippen molar-refractivity contribution in [2.24, 2.45) is 0 Å². The first-order chi connectivity index (χ1) is 12.8. The largest absolute Gasteiger partial charge is 0.294 e. The van der Waals surface area contributed by atoms with Gasteiger partial charge in [-0.2, -0.15) is 21.4 Å². The second-order valence-corrected chi connectivity index (χ2v) is 10.7. The normalized spacial score (nSPS) is 16.6. The summed E-state index contributed by atoms with van der Waals surface area (Å²) in [6.45, 7) is 6.83. The Labute approximate surface area is 165 Å². The fourth-order valence-electron chi connectivity index (χ4n) is 3.88. The first-order valence-corrected chi connectivity index (χ1v) is 12.0. The van der Waals surface area contributed by atoms with E-state index in [1.807, 2.05) is 19.1 Å². The molecular formula is C19H24NO6S2+. The lowest BCUT2D eigenvalue weighted by Crippen LogP contribution is -2.27. The van der Waals surface area contributed by atoms with E-state index >= 15 is 0 Å². The van der Waals surface area contributed by atoms with E-state index < -0.39 is 20.2 Å². The summed E-state index contributed by atoms with van der Waals surface area (Å²) >= 11 is 0. The maximum absolute atomic E-state index is 11.4. The van der Waals surface area contributed by atoms with E-state index in [9.17, 15) is 21.4 Å². The molecule has 3 rings (SSSR count). The zero-order chi connectivity index (χ0) is 20.9. The third kappa shape index (κ3) is 3.84. The lowest BCUT2D eigenvalue weighted by molar-refractivity contribution is -0.439. The number of hydrogen-bond donors (Lipinski definition) is 2. The van der Waals surface area contributed by atoms with Crippen LogP contribution in [0.5, 0.6) is 0 Å². The fourth-order valence-corrected chi connectivity index (χ4v) is 4.96. The van der Waals surface area contributed by atoms with Crippen LogP contribution < -0.4 is 0 Å². The molecule has 0 amide bonds. The molecule has 0 aliphatic carbocycles. The van der Waals surface area contributed by atoms with Crippen molar-refractivity contribution in [1.82, 2.24) is 0 Å². The van der Waals surface area contributed by atoms with Crippen LogP contribution in [0.4, 0.5) is 5.69 Å². The van der Waals surface area contributed by atoms with Crippen molar-refractivity contribution in [2.45, 2.75) is 43.9 Å². The van der Waals surface area contributed by atoms with Crippen LogP contribution in [0.15, 0.2) is 35.2 Å². The molecule has 0 spiro atoms. The van der Waals surface area contributed by atoms with Crippen LogP contribution in [0, 0.1) is 0 Å². The molecule has 0 atom stereocenters. The number of hydrogen-bond acceptors (Lipinski definition) is 4. The average molecular weight is 427 g/mol. The molecule has 2 N–H and O–H groups in total. The Morgan fingerprint density at radius 2 is 1.68 bits per heavy atom. The zero-order valence-electron chi connectivity index (χ0n) is 16.0. The maximum atomic E-state index is 11.4. The van der Waals surface area contributed by atoms with E-state index in [1.54, 1.807) is 6.07 Å². The van der Waals surface area contributed by atoms with Crippen molar-refractivity contribution in [3.63, 3.8) is 0 Å². The van der Waals surface area contributed by atoms with Crippen LogP contribution in [0.25, 0.3) is 10.8 Å². The predicted molar refractivity (Wildman–Crippen MR) is 108 cm³/mol. The minimum Gasteiger partial charge on any atom is -0.286 e. The molecular weight excluding hydrogens is 402 g/mol. The summed E-state index contributed by atoms with van der Waals surface area (Å²) in [6, 6.07) is 8.33. The third-order valence-electron chi connectivity index (χ3n) is 5.53. The summed E-state index contributed by atoms with van der Waals surface area (Å²) in [6.07, 6.45) is 0.968. The molecule has 1 aliphatic rings. The predicted octanol–water partition coefficient (Wildman–Crippen LogP) is 3.15. The van der Waals surface area contributed by atoms with E-state index in [0.717, 1.165) is 27.7 Å². The Hall–Kier alpha value is -1.81. The molecule has 9 heteroatoms. The number of benzene rings is 2. The van der Waals surface area contributed by atoms with E-state index in [1.165, 1.54) is 12.1 Å². The molecule has 0 saturated carbocycles. The Bertz CT molecular complexity index is 1190. The highest BCUT2D eigenvalue weighted by Crippen LogP contribution is 2.44. The summed E-state index contributed by atoms with van der Waals surface area (Å²) in [4.78, 5) is -0.140. The van der Waals surface area contributed by atoms with Gasteiger partial charge < -0.3 is 0 Å². The summed E-state index contributed by atoms with van der Waals surface area (Å²) in [5, 5.41) is 1.64. The highest BCUT2D eigenvalue weighted by Gasteiger charge is 2.44. The molecule has 0 unspecified atom stereocenters. The van der Waals surface area contributed by atoms with Gasteiger partial charge >= 0.3 is 0 Å². The minimum atomic E-state index is -4.27. The van der Waals surface area contributed by atoms with E-state index in [-0.39, 0.29) is 16.1 Å². The van der Waals surface area contributed by atoms with E-state index in [2.05, 4.69) is 18.4 Å². The maximum Gasteiger partial charge on any atom is 0.294 e. The van der Waals surface area contributed by atoms with Crippen molar-refractivity contribution in [3.8, 4) is 0 Å². The average Bonchev–Trinajstić information content (AvgIpc) is 2.77. The van der Waals surface area contributed by atoms with Gasteiger partial charge in [-0.3, -0.25) is 9.11 Å². The molecule has 152 valence electrons. The van der Waals surface area contributed by atoms with Crippen molar-refractivity contribution in [1.29, 1.82) is 0 Å².